The van der Waals surface area contributed by atoms with Crippen molar-refractivity contribution in [1.82, 2.24) is 5.32 Å². The van der Waals surface area contributed by atoms with E-state index in [9.17, 15) is 24.6 Å². The smallest absolute Gasteiger partial charge is 0.326 e. The molecule has 0 saturated heterocycles. The van der Waals surface area contributed by atoms with Gasteiger partial charge in [0.2, 0.25) is 5.91 Å². The van der Waals surface area contributed by atoms with E-state index in [1.165, 1.54) is 5.57 Å². The second kappa shape index (κ2) is 10.1. The van der Waals surface area contributed by atoms with Crippen molar-refractivity contribution in [3.8, 4) is 12.3 Å². The van der Waals surface area contributed by atoms with Crippen molar-refractivity contribution in [2.75, 3.05) is 6.61 Å². The lowest BCUT2D eigenvalue weighted by Gasteiger charge is -2.58. The van der Waals surface area contributed by atoms with Gasteiger partial charge in [0, 0.05) is 11.8 Å². The maximum absolute atomic E-state index is 12.1. The third-order valence-electron chi connectivity index (χ3n) is 10.1. The van der Waals surface area contributed by atoms with E-state index in [4.69, 9.17) is 17.0 Å². The van der Waals surface area contributed by atoms with Gasteiger partial charge in [-0.05, 0) is 87.0 Å². The molecule has 0 spiro atoms. The molecular formula is C28H39N3O6. The number of terminal acetylenes is 1. The number of hydrogen-bond donors (Lipinski definition) is 4. The van der Waals surface area contributed by atoms with Crippen LogP contribution in [-0.4, -0.2) is 52.0 Å². The fourth-order valence-corrected chi connectivity index (χ4v) is 7.85. The summed E-state index contributed by atoms with van der Waals surface area (Å²) < 4.78 is 0. The summed E-state index contributed by atoms with van der Waals surface area (Å²) in [6, 6.07) is -1.21. The van der Waals surface area contributed by atoms with Crippen LogP contribution in [0.2, 0.25) is 0 Å². The maximum atomic E-state index is 12.1. The van der Waals surface area contributed by atoms with Crippen molar-refractivity contribution < 1.29 is 29.4 Å². The highest BCUT2D eigenvalue weighted by Crippen LogP contribution is 2.67. The maximum Gasteiger partial charge on any atom is 0.326 e. The molecule has 0 aromatic heterocycles. The van der Waals surface area contributed by atoms with Crippen molar-refractivity contribution in [3.05, 3.63) is 11.6 Å². The number of nitrogens with two attached hydrogens (primary N) is 1. The summed E-state index contributed by atoms with van der Waals surface area (Å²) in [5.41, 5.74) is 6.08. The van der Waals surface area contributed by atoms with Crippen LogP contribution < -0.4 is 11.1 Å². The first-order chi connectivity index (χ1) is 17.4. The number of nitrogens with one attached hydrogen (secondary N) is 1. The van der Waals surface area contributed by atoms with Crippen molar-refractivity contribution in [2.45, 2.75) is 89.7 Å². The van der Waals surface area contributed by atoms with Gasteiger partial charge in [0.1, 0.15) is 11.6 Å². The van der Waals surface area contributed by atoms with E-state index in [-0.39, 0.29) is 23.7 Å². The number of fused-ring (bicyclic) bond motifs is 5. The molecular weight excluding hydrogens is 474 g/mol. The normalized spacial score (nSPS) is 38.3. The van der Waals surface area contributed by atoms with E-state index in [2.05, 4.69) is 36.3 Å². The molecule has 2 amide bonds. The molecule has 0 unspecified atom stereocenters. The molecule has 3 fully saturated rings. The number of primary amides is 1. The Balaban J connectivity index is 1.37. The fourth-order valence-electron chi connectivity index (χ4n) is 7.85. The van der Waals surface area contributed by atoms with Gasteiger partial charge in [-0.3, -0.25) is 9.59 Å². The zero-order chi connectivity index (χ0) is 27.0. The van der Waals surface area contributed by atoms with Crippen molar-refractivity contribution in [2.24, 2.45) is 39.5 Å². The van der Waals surface area contributed by atoms with Gasteiger partial charge in [0.15, 0.2) is 6.61 Å². The number of oxime groups is 1. The summed E-state index contributed by atoms with van der Waals surface area (Å²) in [4.78, 5) is 39.6. The van der Waals surface area contributed by atoms with Gasteiger partial charge in [-0.25, -0.2) is 4.79 Å². The van der Waals surface area contributed by atoms with Gasteiger partial charge in [0.25, 0.3) is 5.91 Å². The Morgan fingerprint density at radius 1 is 1.22 bits per heavy atom. The highest BCUT2D eigenvalue weighted by molar-refractivity contribution is 5.96. The van der Waals surface area contributed by atoms with Crippen LogP contribution >= 0.6 is 0 Å². The summed E-state index contributed by atoms with van der Waals surface area (Å²) in [6.07, 6.45) is 15.1. The number of aliphatic hydroxyl groups is 1. The largest absolute Gasteiger partial charge is 0.480 e. The summed E-state index contributed by atoms with van der Waals surface area (Å²) in [7, 11) is 0. The number of hydrogen-bond acceptors (Lipinski definition) is 6. The standard InChI is InChI=1S/C28H39N3O6/c1-4-28(36)14-11-21-19-6-5-17-15-18(9-12-26(17,2)20(19)10-13-27(21,28)3)31-37-16-24(33)30-22(25(34)35)7-8-23(29)32/h1,15,19-22,36H,5-14,16H2,2-3H3,(H2,29,32)(H,30,33)(H,34,35)/b31-18+/t19-,20+,21-,22-,26+,27+,28-/m1/s1. The monoisotopic (exact) mass is 513 g/mol. The van der Waals surface area contributed by atoms with E-state index in [1.54, 1.807) is 0 Å². The second-order valence-corrected chi connectivity index (χ2v) is 11.8. The molecule has 4 aliphatic carbocycles. The third-order valence-corrected chi connectivity index (χ3v) is 10.1. The van der Waals surface area contributed by atoms with E-state index in [1.807, 2.05) is 0 Å². The van der Waals surface area contributed by atoms with Crippen LogP contribution in [0.5, 0.6) is 0 Å². The molecule has 4 aliphatic rings. The molecule has 0 heterocycles. The molecule has 3 saturated carbocycles. The summed E-state index contributed by atoms with van der Waals surface area (Å²) >= 11 is 0. The van der Waals surface area contributed by atoms with Gasteiger partial charge < -0.3 is 26.1 Å². The first-order valence-corrected chi connectivity index (χ1v) is 13.3. The molecule has 0 radical (unpaired) electrons. The molecule has 202 valence electrons. The van der Waals surface area contributed by atoms with Crippen LogP contribution in [0, 0.1) is 40.9 Å². The number of allylic oxidation sites excluding steroid dienone is 2. The number of carboxylic acids is 1. The molecule has 9 nitrogen and oxygen atoms in total. The third kappa shape index (κ3) is 4.88. The number of amides is 2. The van der Waals surface area contributed by atoms with Gasteiger partial charge >= 0.3 is 5.97 Å². The van der Waals surface area contributed by atoms with Gasteiger partial charge in [0.05, 0.1) is 5.71 Å². The van der Waals surface area contributed by atoms with Crippen LogP contribution in [0.3, 0.4) is 0 Å². The minimum absolute atomic E-state index is 0.0760. The van der Waals surface area contributed by atoms with Crippen LogP contribution in [0.25, 0.3) is 0 Å². The fraction of sp³-hybridized carbons (Fsp3) is 0.714. The van der Waals surface area contributed by atoms with Gasteiger partial charge in [-0.2, -0.15) is 0 Å². The Morgan fingerprint density at radius 2 is 1.95 bits per heavy atom. The molecule has 0 aromatic carbocycles. The van der Waals surface area contributed by atoms with E-state index < -0.39 is 36.0 Å². The molecule has 37 heavy (non-hydrogen) atoms. The minimum atomic E-state index is -1.24. The predicted molar refractivity (Wildman–Crippen MR) is 137 cm³/mol. The number of nitrogens with zero attached hydrogens (tertiary/aromatic N) is 1. The molecule has 5 N–H and O–H groups in total. The second-order valence-electron chi connectivity index (χ2n) is 11.8. The lowest BCUT2D eigenvalue weighted by atomic mass is 9.46. The number of carbonyl (C=O) groups is 3. The lowest BCUT2D eigenvalue weighted by Crippen LogP contribution is -2.54. The quantitative estimate of drug-likeness (QED) is 0.289. The Labute approximate surface area is 218 Å². The molecule has 4 rings (SSSR count). The molecule has 9 heteroatoms. The topological polar surface area (TPSA) is 151 Å². The number of aliphatic carboxylic acids is 1. The van der Waals surface area contributed by atoms with Crippen LogP contribution in [0.4, 0.5) is 0 Å². The van der Waals surface area contributed by atoms with E-state index in [0.29, 0.717) is 24.2 Å². The minimum Gasteiger partial charge on any atom is -0.480 e. The predicted octanol–water partition coefficient (Wildman–Crippen LogP) is 2.52. The van der Waals surface area contributed by atoms with Crippen molar-refractivity contribution in [3.63, 3.8) is 0 Å². The van der Waals surface area contributed by atoms with Crippen LogP contribution in [0.15, 0.2) is 16.8 Å². The first-order valence-electron chi connectivity index (χ1n) is 13.3. The van der Waals surface area contributed by atoms with Crippen molar-refractivity contribution in [1.29, 1.82) is 0 Å². The Morgan fingerprint density at radius 3 is 2.62 bits per heavy atom. The zero-order valence-electron chi connectivity index (χ0n) is 21.8. The number of rotatable bonds is 8. The van der Waals surface area contributed by atoms with Gasteiger partial charge in [-0.1, -0.05) is 30.5 Å². The van der Waals surface area contributed by atoms with Crippen LogP contribution in [-0.2, 0) is 19.2 Å². The average Bonchev–Trinajstić information content (AvgIpc) is 3.12. The summed E-state index contributed by atoms with van der Waals surface area (Å²) in [6.45, 7) is 4.15. The highest BCUT2D eigenvalue weighted by Gasteiger charge is 2.63. The molecule has 0 aliphatic heterocycles. The van der Waals surface area contributed by atoms with Crippen LogP contribution in [0.1, 0.15) is 78.1 Å². The summed E-state index contributed by atoms with van der Waals surface area (Å²) in [5, 5.41) is 26.9. The number of carbonyl (C=O) groups excluding carboxylic acids is 2. The SMILES string of the molecule is C#C[C@@]1(O)CC[C@@H]2[C@@H]3CCC4=C/C(=N/OCC(=O)N[C@H](CCC(N)=O)C(=O)O)CC[C@]4(C)[C@H]3CC[C@@]21C. The first kappa shape index (κ1) is 27.2. The molecule has 0 bridgehead atoms. The average molecular weight is 514 g/mol. The Hall–Kier alpha value is -2.86. The van der Waals surface area contributed by atoms with E-state index in [0.717, 1.165) is 50.7 Å². The Kier molecular flexibility index (Phi) is 7.44. The van der Waals surface area contributed by atoms with Crippen molar-refractivity contribution >= 4 is 23.5 Å². The van der Waals surface area contributed by atoms with Gasteiger partial charge in [-0.15, -0.1) is 6.42 Å². The molecule has 7 atom stereocenters. The Bertz CT molecular complexity index is 1060. The highest BCUT2D eigenvalue weighted by atomic mass is 16.6. The molecule has 0 aromatic rings. The zero-order valence-corrected chi connectivity index (χ0v) is 21.8. The van der Waals surface area contributed by atoms with E-state index >= 15 is 0 Å². The number of carboxylic acid groups (broad SMARTS) is 1. The summed E-state index contributed by atoms with van der Waals surface area (Å²) in [5.74, 6) is 1.80. The lowest BCUT2D eigenvalue weighted by molar-refractivity contribution is -0.142.